The van der Waals surface area contributed by atoms with Gasteiger partial charge in [0.15, 0.2) is 11.5 Å². The molecule has 1 saturated carbocycles. The molecule has 2 heterocycles. The summed E-state index contributed by atoms with van der Waals surface area (Å²) in [6.07, 6.45) is -1.10. The van der Waals surface area contributed by atoms with Crippen LogP contribution in [0.2, 0.25) is 0 Å². The molecule has 0 unspecified atom stereocenters. The van der Waals surface area contributed by atoms with Gasteiger partial charge in [0.25, 0.3) is 11.8 Å². The van der Waals surface area contributed by atoms with Gasteiger partial charge in [0.05, 0.1) is 11.1 Å². The zero-order valence-corrected chi connectivity index (χ0v) is 17.4. The van der Waals surface area contributed by atoms with Crippen LogP contribution in [0.15, 0.2) is 36.4 Å². The largest absolute Gasteiger partial charge is 0.417 e. The smallest absolute Gasteiger partial charge is 0.352 e. The number of piperazine rings is 1. The topological polar surface area (TPSA) is 78.4 Å². The first-order valence-corrected chi connectivity index (χ1v) is 10.7. The van der Waals surface area contributed by atoms with Crippen LogP contribution in [-0.4, -0.2) is 59.6 Å². The minimum absolute atomic E-state index is 0.241. The maximum atomic E-state index is 13.2. The molecule has 1 saturated heterocycles. The maximum absolute atomic E-state index is 13.2. The second kappa shape index (κ2) is 9.13. The number of alkyl halides is 3. The Hall–Kier alpha value is -3.17. The van der Waals surface area contributed by atoms with Gasteiger partial charge < -0.3 is 15.1 Å². The van der Waals surface area contributed by atoms with Gasteiger partial charge in [-0.25, -0.2) is 0 Å². The van der Waals surface area contributed by atoms with Crippen molar-refractivity contribution in [1.82, 2.24) is 20.4 Å². The van der Waals surface area contributed by atoms with E-state index in [1.165, 1.54) is 29.5 Å². The Bertz CT molecular complexity index is 968. The molecule has 2 aliphatic rings. The molecule has 2 amide bonds. The van der Waals surface area contributed by atoms with E-state index in [0.29, 0.717) is 31.4 Å². The molecule has 4 rings (SSSR count). The third-order valence-electron chi connectivity index (χ3n) is 6.01. The SMILES string of the molecule is O=C(NCC1CCC1)c1ccc(N2CCN(C(=O)c3ccccc3C(F)(F)F)CC2)nn1. The number of aromatic nitrogens is 2. The zero-order valence-electron chi connectivity index (χ0n) is 17.4. The first-order valence-electron chi connectivity index (χ1n) is 10.7. The van der Waals surface area contributed by atoms with Crippen LogP contribution in [0.4, 0.5) is 19.0 Å². The maximum Gasteiger partial charge on any atom is 0.417 e. The van der Waals surface area contributed by atoms with Crippen LogP contribution in [0.25, 0.3) is 0 Å². The molecule has 170 valence electrons. The number of halogens is 3. The number of hydrogen-bond donors (Lipinski definition) is 1. The number of anilines is 1. The molecule has 0 atom stereocenters. The van der Waals surface area contributed by atoms with E-state index in [0.717, 1.165) is 18.9 Å². The van der Waals surface area contributed by atoms with Gasteiger partial charge in [0.1, 0.15) is 0 Å². The number of carbonyl (C=O) groups is 2. The summed E-state index contributed by atoms with van der Waals surface area (Å²) in [5, 5.41) is 11.0. The normalized spacial score (nSPS) is 17.1. The van der Waals surface area contributed by atoms with Crippen LogP contribution in [0.1, 0.15) is 45.7 Å². The summed E-state index contributed by atoms with van der Waals surface area (Å²) in [6, 6.07) is 8.13. The predicted molar refractivity (Wildman–Crippen MR) is 111 cm³/mol. The summed E-state index contributed by atoms with van der Waals surface area (Å²) >= 11 is 0. The Morgan fingerprint density at radius 3 is 2.31 bits per heavy atom. The highest BCUT2D eigenvalue weighted by Crippen LogP contribution is 2.32. The second-order valence-corrected chi connectivity index (χ2v) is 8.11. The number of amides is 2. The van der Waals surface area contributed by atoms with Crippen LogP contribution in [0.5, 0.6) is 0 Å². The van der Waals surface area contributed by atoms with Crippen molar-refractivity contribution in [2.24, 2.45) is 5.92 Å². The van der Waals surface area contributed by atoms with Gasteiger partial charge in [-0.1, -0.05) is 18.6 Å². The van der Waals surface area contributed by atoms with E-state index in [1.807, 2.05) is 4.90 Å². The molecule has 2 fully saturated rings. The zero-order chi connectivity index (χ0) is 22.7. The van der Waals surface area contributed by atoms with Crippen molar-refractivity contribution < 1.29 is 22.8 Å². The van der Waals surface area contributed by atoms with Crippen LogP contribution in [0.3, 0.4) is 0 Å². The quantitative estimate of drug-likeness (QED) is 0.763. The molecule has 0 bridgehead atoms. The summed E-state index contributed by atoms with van der Waals surface area (Å²) < 4.78 is 39.7. The first-order chi connectivity index (χ1) is 15.3. The minimum Gasteiger partial charge on any atom is -0.352 e. The molecule has 1 aliphatic carbocycles. The van der Waals surface area contributed by atoms with Gasteiger partial charge in [0, 0.05) is 32.7 Å². The third kappa shape index (κ3) is 4.84. The fourth-order valence-corrected chi connectivity index (χ4v) is 3.87. The minimum atomic E-state index is -4.59. The molecule has 2 aromatic rings. The predicted octanol–water partition coefficient (Wildman–Crippen LogP) is 2.99. The van der Waals surface area contributed by atoms with Crippen molar-refractivity contribution >= 4 is 17.6 Å². The lowest BCUT2D eigenvalue weighted by Gasteiger charge is -2.35. The van der Waals surface area contributed by atoms with E-state index < -0.39 is 17.6 Å². The highest BCUT2D eigenvalue weighted by atomic mass is 19.4. The van der Waals surface area contributed by atoms with E-state index in [2.05, 4.69) is 15.5 Å². The Morgan fingerprint density at radius 2 is 1.72 bits per heavy atom. The van der Waals surface area contributed by atoms with Crippen LogP contribution in [0, 0.1) is 5.92 Å². The van der Waals surface area contributed by atoms with E-state index in [9.17, 15) is 22.8 Å². The number of hydrogen-bond acceptors (Lipinski definition) is 5. The molecular formula is C22H24F3N5O2. The summed E-state index contributed by atoms with van der Waals surface area (Å²) in [6.45, 7) is 1.98. The van der Waals surface area contributed by atoms with Gasteiger partial charge in [-0.15, -0.1) is 10.2 Å². The molecule has 1 aromatic heterocycles. The molecule has 1 N–H and O–H groups in total. The van der Waals surface area contributed by atoms with Crippen molar-refractivity contribution in [3.8, 4) is 0 Å². The molecule has 7 nitrogen and oxygen atoms in total. The molecule has 1 aliphatic heterocycles. The Labute approximate surface area is 183 Å². The van der Waals surface area contributed by atoms with Crippen LogP contribution in [-0.2, 0) is 6.18 Å². The van der Waals surface area contributed by atoms with Gasteiger partial charge in [-0.05, 0) is 43.0 Å². The van der Waals surface area contributed by atoms with E-state index in [4.69, 9.17) is 0 Å². The molecule has 0 radical (unpaired) electrons. The van der Waals surface area contributed by atoms with Crippen molar-refractivity contribution in [3.05, 3.63) is 53.2 Å². The van der Waals surface area contributed by atoms with Crippen LogP contribution >= 0.6 is 0 Å². The molecule has 0 spiro atoms. The summed E-state index contributed by atoms with van der Waals surface area (Å²) in [4.78, 5) is 28.2. The first kappa shape index (κ1) is 22.0. The lowest BCUT2D eigenvalue weighted by molar-refractivity contribution is -0.138. The lowest BCUT2D eigenvalue weighted by Crippen LogP contribution is -2.49. The Kier molecular flexibility index (Phi) is 6.29. The number of rotatable bonds is 5. The fraction of sp³-hybridized carbons (Fsp3) is 0.455. The number of benzene rings is 1. The van der Waals surface area contributed by atoms with Gasteiger partial charge in [0.2, 0.25) is 0 Å². The van der Waals surface area contributed by atoms with Gasteiger partial charge in [-0.2, -0.15) is 13.2 Å². The molecule has 1 aromatic carbocycles. The molecular weight excluding hydrogens is 423 g/mol. The Morgan fingerprint density at radius 1 is 1.00 bits per heavy atom. The lowest BCUT2D eigenvalue weighted by atomic mass is 9.85. The highest BCUT2D eigenvalue weighted by Gasteiger charge is 2.36. The van der Waals surface area contributed by atoms with Crippen molar-refractivity contribution in [3.63, 3.8) is 0 Å². The molecule has 32 heavy (non-hydrogen) atoms. The average molecular weight is 447 g/mol. The van der Waals surface area contributed by atoms with E-state index in [1.54, 1.807) is 12.1 Å². The molecule has 10 heteroatoms. The number of carbonyl (C=O) groups excluding carboxylic acids is 2. The van der Waals surface area contributed by atoms with Gasteiger partial charge in [-0.3, -0.25) is 9.59 Å². The third-order valence-corrected chi connectivity index (χ3v) is 6.01. The highest BCUT2D eigenvalue weighted by molar-refractivity contribution is 5.96. The van der Waals surface area contributed by atoms with E-state index in [-0.39, 0.29) is 30.3 Å². The fourth-order valence-electron chi connectivity index (χ4n) is 3.87. The second-order valence-electron chi connectivity index (χ2n) is 8.11. The van der Waals surface area contributed by atoms with E-state index >= 15 is 0 Å². The monoisotopic (exact) mass is 447 g/mol. The number of nitrogens with one attached hydrogen (secondary N) is 1. The average Bonchev–Trinajstić information content (AvgIpc) is 2.77. The van der Waals surface area contributed by atoms with Crippen molar-refractivity contribution in [2.75, 3.05) is 37.6 Å². The summed E-state index contributed by atoms with van der Waals surface area (Å²) in [5.74, 6) is 0.216. The van der Waals surface area contributed by atoms with Gasteiger partial charge >= 0.3 is 6.18 Å². The van der Waals surface area contributed by atoms with Crippen molar-refractivity contribution in [1.29, 1.82) is 0 Å². The van der Waals surface area contributed by atoms with Crippen LogP contribution < -0.4 is 10.2 Å². The summed E-state index contributed by atoms with van der Waals surface area (Å²) in [5.41, 5.74) is -1.03. The Balaban J connectivity index is 1.34. The number of nitrogens with zero attached hydrogens (tertiary/aromatic N) is 4. The standard InChI is InChI=1S/C22H24F3N5O2/c23-22(24,25)17-7-2-1-6-16(17)21(32)30-12-10-29(11-13-30)19-9-8-18(27-28-19)20(31)26-14-15-4-3-5-15/h1-2,6-9,15H,3-5,10-14H2,(H,26,31). The summed E-state index contributed by atoms with van der Waals surface area (Å²) in [7, 11) is 0. The van der Waals surface area contributed by atoms with Crippen molar-refractivity contribution in [2.45, 2.75) is 25.4 Å².